The van der Waals surface area contributed by atoms with Crippen molar-refractivity contribution in [3.63, 3.8) is 0 Å². The van der Waals surface area contributed by atoms with Gasteiger partial charge in [0.2, 0.25) is 5.82 Å². The molecular formula is C19H19FN8O2S. The van der Waals surface area contributed by atoms with Gasteiger partial charge in [-0.3, -0.25) is 14.5 Å². The zero-order chi connectivity index (χ0) is 21.4. The molecular weight excluding hydrogens is 423 g/mol. The second kappa shape index (κ2) is 8.12. The third-order valence-electron chi connectivity index (χ3n) is 5.62. The number of aromatic nitrogens is 5. The summed E-state index contributed by atoms with van der Waals surface area (Å²) in [5.74, 6) is 0.101. The fourth-order valence-electron chi connectivity index (χ4n) is 3.98. The lowest BCUT2D eigenvalue weighted by Gasteiger charge is -2.43. The maximum atomic E-state index is 13.0. The molecule has 0 saturated carbocycles. The van der Waals surface area contributed by atoms with E-state index in [1.165, 1.54) is 12.1 Å². The van der Waals surface area contributed by atoms with Crippen LogP contribution in [-0.4, -0.2) is 72.1 Å². The quantitative estimate of drug-likeness (QED) is 0.634. The van der Waals surface area contributed by atoms with Gasteiger partial charge in [0, 0.05) is 44.6 Å². The molecule has 1 saturated heterocycles. The molecule has 2 aliphatic heterocycles. The normalized spacial score (nSPS) is 18.4. The minimum atomic E-state index is -0.339. The van der Waals surface area contributed by atoms with Crippen LogP contribution >= 0.6 is 11.5 Å². The van der Waals surface area contributed by atoms with Crippen molar-refractivity contribution in [3.05, 3.63) is 58.4 Å². The predicted molar refractivity (Wildman–Crippen MR) is 108 cm³/mol. The molecule has 0 radical (unpaired) electrons. The van der Waals surface area contributed by atoms with Crippen LogP contribution in [0.2, 0.25) is 0 Å². The lowest BCUT2D eigenvalue weighted by molar-refractivity contribution is 0.0368. The average molecular weight is 442 g/mol. The van der Waals surface area contributed by atoms with Crippen molar-refractivity contribution in [3.8, 4) is 0 Å². The van der Waals surface area contributed by atoms with Crippen LogP contribution in [0.3, 0.4) is 0 Å². The standard InChI is InChI=1S/C19H19FN8O2S/c20-13-3-1-12(2-4-13)9-21-18(29)17-24-23-16-15-10-27(19(30)14-11-31-25-22-14)6-5-26(15)7-8-28(16)17/h1-4,11,15H,5-10H2,(H,21,29)/t15-/m0/s1. The molecule has 2 aliphatic rings. The number of amides is 2. The van der Waals surface area contributed by atoms with E-state index in [2.05, 4.69) is 30.0 Å². The molecule has 3 aromatic rings. The summed E-state index contributed by atoms with van der Waals surface area (Å²) < 4.78 is 18.6. The maximum absolute atomic E-state index is 13.0. The number of hydrogen-bond acceptors (Lipinski definition) is 8. The number of nitrogens with zero attached hydrogens (tertiary/aromatic N) is 7. The van der Waals surface area contributed by atoms with Crippen LogP contribution in [-0.2, 0) is 13.1 Å². The first kappa shape index (κ1) is 19.7. The second-order valence-corrected chi connectivity index (χ2v) is 8.05. The third kappa shape index (κ3) is 3.79. The summed E-state index contributed by atoms with van der Waals surface area (Å²) in [5, 5.41) is 16.7. The lowest BCUT2D eigenvalue weighted by atomic mass is 10.1. The fourth-order valence-corrected chi connectivity index (χ4v) is 4.41. The van der Waals surface area contributed by atoms with Gasteiger partial charge in [-0.2, -0.15) is 0 Å². The number of nitrogens with one attached hydrogen (secondary N) is 1. The molecule has 1 atom stereocenters. The SMILES string of the molecule is O=C(NCc1ccc(F)cc1)c1nnc2n1CCN1CCN(C(=O)c3csnn3)C[C@@H]21. The van der Waals surface area contributed by atoms with Gasteiger partial charge in [0.25, 0.3) is 11.8 Å². The summed E-state index contributed by atoms with van der Waals surface area (Å²) in [6, 6.07) is 5.82. The van der Waals surface area contributed by atoms with Crippen molar-refractivity contribution in [2.75, 3.05) is 26.2 Å². The Bertz CT molecular complexity index is 1100. The molecule has 0 spiro atoms. The summed E-state index contributed by atoms with van der Waals surface area (Å²) in [6.45, 7) is 3.38. The third-order valence-corrected chi connectivity index (χ3v) is 6.12. The highest BCUT2D eigenvalue weighted by Crippen LogP contribution is 2.29. The minimum absolute atomic E-state index is 0.135. The molecule has 2 amide bonds. The molecule has 0 bridgehead atoms. The fraction of sp³-hybridized carbons (Fsp3) is 0.368. The summed E-state index contributed by atoms with van der Waals surface area (Å²) in [4.78, 5) is 29.4. The number of rotatable bonds is 4. The van der Waals surface area contributed by atoms with Gasteiger partial charge >= 0.3 is 0 Å². The van der Waals surface area contributed by atoms with E-state index in [1.54, 1.807) is 22.4 Å². The number of halogens is 1. The zero-order valence-electron chi connectivity index (χ0n) is 16.4. The van der Waals surface area contributed by atoms with Gasteiger partial charge in [-0.1, -0.05) is 16.6 Å². The molecule has 4 heterocycles. The highest BCUT2D eigenvalue weighted by molar-refractivity contribution is 7.03. The van der Waals surface area contributed by atoms with Gasteiger partial charge in [-0.15, -0.1) is 15.3 Å². The number of piperazine rings is 1. The van der Waals surface area contributed by atoms with Crippen LogP contribution in [0.1, 0.15) is 38.5 Å². The average Bonchev–Trinajstić information content (AvgIpc) is 3.48. The number of carbonyl (C=O) groups excluding carboxylic acids is 2. The van der Waals surface area contributed by atoms with Gasteiger partial charge in [-0.05, 0) is 29.2 Å². The molecule has 10 nitrogen and oxygen atoms in total. The van der Waals surface area contributed by atoms with Gasteiger partial charge in [0.1, 0.15) is 5.82 Å². The molecule has 5 rings (SSSR count). The molecule has 160 valence electrons. The Kier molecular flexibility index (Phi) is 5.16. The van der Waals surface area contributed by atoms with Gasteiger partial charge in [0.15, 0.2) is 11.5 Å². The predicted octanol–water partition coefficient (Wildman–Crippen LogP) is 0.711. The lowest BCUT2D eigenvalue weighted by Crippen LogP contribution is -2.53. The smallest absolute Gasteiger partial charge is 0.289 e. The van der Waals surface area contributed by atoms with Crippen LogP contribution in [0.5, 0.6) is 0 Å². The summed E-state index contributed by atoms with van der Waals surface area (Å²) in [5.41, 5.74) is 1.13. The van der Waals surface area contributed by atoms with E-state index in [1.807, 2.05) is 4.57 Å². The molecule has 12 heteroatoms. The van der Waals surface area contributed by atoms with Crippen LogP contribution in [0.25, 0.3) is 0 Å². The van der Waals surface area contributed by atoms with Crippen molar-refractivity contribution in [2.45, 2.75) is 19.1 Å². The Morgan fingerprint density at radius 2 is 1.90 bits per heavy atom. The zero-order valence-corrected chi connectivity index (χ0v) is 17.3. The van der Waals surface area contributed by atoms with Gasteiger partial charge in [0.05, 0.1) is 6.04 Å². The second-order valence-electron chi connectivity index (χ2n) is 7.44. The van der Waals surface area contributed by atoms with E-state index in [4.69, 9.17) is 0 Å². The highest BCUT2D eigenvalue weighted by Gasteiger charge is 2.38. The van der Waals surface area contributed by atoms with Crippen LogP contribution < -0.4 is 5.32 Å². The Balaban J connectivity index is 1.30. The largest absolute Gasteiger partial charge is 0.345 e. The minimum Gasteiger partial charge on any atom is -0.345 e. The van der Waals surface area contributed by atoms with Crippen molar-refractivity contribution < 1.29 is 14.0 Å². The Morgan fingerprint density at radius 3 is 2.68 bits per heavy atom. The topological polar surface area (TPSA) is 109 Å². The number of benzene rings is 1. The highest BCUT2D eigenvalue weighted by atomic mass is 32.1. The van der Waals surface area contributed by atoms with E-state index in [9.17, 15) is 14.0 Å². The molecule has 0 unspecified atom stereocenters. The monoisotopic (exact) mass is 442 g/mol. The summed E-state index contributed by atoms with van der Waals surface area (Å²) in [7, 11) is 0. The summed E-state index contributed by atoms with van der Waals surface area (Å²) >= 11 is 1.14. The van der Waals surface area contributed by atoms with Crippen molar-refractivity contribution in [2.24, 2.45) is 0 Å². The Labute approximate surface area is 180 Å². The van der Waals surface area contributed by atoms with Gasteiger partial charge < -0.3 is 14.8 Å². The molecule has 1 fully saturated rings. The first-order chi connectivity index (χ1) is 15.1. The first-order valence-corrected chi connectivity index (χ1v) is 10.7. The van der Waals surface area contributed by atoms with E-state index < -0.39 is 0 Å². The van der Waals surface area contributed by atoms with Crippen molar-refractivity contribution >= 4 is 23.3 Å². The molecule has 1 N–H and O–H groups in total. The number of carbonyl (C=O) groups is 2. The van der Waals surface area contributed by atoms with Crippen LogP contribution in [0, 0.1) is 5.82 Å². The Morgan fingerprint density at radius 1 is 1.10 bits per heavy atom. The number of hydrogen-bond donors (Lipinski definition) is 1. The Hall–Kier alpha value is -3.25. The van der Waals surface area contributed by atoms with Crippen molar-refractivity contribution in [1.29, 1.82) is 0 Å². The molecule has 2 aromatic heterocycles. The molecule has 0 aliphatic carbocycles. The summed E-state index contributed by atoms with van der Waals surface area (Å²) in [6.07, 6.45) is 0. The van der Waals surface area contributed by atoms with Crippen molar-refractivity contribution in [1.82, 2.24) is 39.5 Å². The van der Waals surface area contributed by atoms with E-state index in [-0.39, 0.29) is 36.0 Å². The van der Waals surface area contributed by atoms with Crippen LogP contribution in [0.15, 0.2) is 29.6 Å². The van der Waals surface area contributed by atoms with Gasteiger partial charge in [-0.25, -0.2) is 4.39 Å². The molecule has 1 aromatic carbocycles. The van der Waals surface area contributed by atoms with E-state index in [0.29, 0.717) is 37.7 Å². The van der Waals surface area contributed by atoms with Crippen LogP contribution in [0.4, 0.5) is 4.39 Å². The number of fused-ring (bicyclic) bond motifs is 3. The first-order valence-electron chi connectivity index (χ1n) is 9.86. The maximum Gasteiger partial charge on any atom is 0.289 e. The van der Waals surface area contributed by atoms with E-state index >= 15 is 0 Å². The molecule has 31 heavy (non-hydrogen) atoms. The van der Waals surface area contributed by atoms with E-state index in [0.717, 1.165) is 23.6 Å².